The van der Waals surface area contributed by atoms with Gasteiger partial charge in [-0.1, -0.05) is 0 Å². The number of carboxylic acids is 1. The van der Waals surface area contributed by atoms with Crippen LogP contribution in [0.5, 0.6) is 0 Å². The van der Waals surface area contributed by atoms with Crippen LogP contribution in [0, 0.1) is 12.8 Å². The summed E-state index contributed by atoms with van der Waals surface area (Å²) >= 11 is 1.11. The average molecular weight is 268 g/mol. The number of amides is 1. The summed E-state index contributed by atoms with van der Waals surface area (Å²) in [5.41, 5.74) is 0.686. The Morgan fingerprint density at radius 3 is 2.78 bits per heavy atom. The molecule has 0 aromatic carbocycles. The molecule has 1 unspecified atom stereocenters. The fraction of sp³-hybridized carbons (Fsp3) is 0.500. The van der Waals surface area contributed by atoms with Gasteiger partial charge >= 0.3 is 5.97 Å². The van der Waals surface area contributed by atoms with E-state index in [0.717, 1.165) is 30.8 Å². The Morgan fingerprint density at radius 2 is 2.28 bits per heavy atom. The van der Waals surface area contributed by atoms with Gasteiger partial charge in [0.15, 0.2) is 0 Å². The highest BCUT2D eigenvalue weighted by molar-refractivity contribution is 7.18. The average Bonchev–Trinajstić information content (AvgIpc) is 2.85. The number of hydrogen-bond donors (Lipinski definition) is 2. The van der Waals surface area contributed by atoms with E-state index >= 15 is 0 Å². The van der Waals surface area contributed by atoms with Crippen molar-refractivity contribution >= 4 is 28.2 Å². The standard InChI is InChI=1S/C12H16N2O3S/c1-7-5-9(18-10(7)12(16)17)13-11(15)8-3-4-14(2)6-8/h5,8H,3-4,6H2,1-2H3,(H,13,15)(H,16,17). The lowest BCUT2D eigenvalue weighted by molar-refractivity contribution is -0.119. The second-order valence-electron chi connectivity index (χ2n) is 4.67. The predicted molar refractivity (Wildman–Crippen MR) is 70.2 cm³/mol. The molecule has 2 heterocycles. The minimum absolute atomic E-state index is 0.00526. The van der Waals surface area contributed by atoms with Gasteiger partial charge in [0.1, 0.15) is 4.88 Å². The van der Waals surface area contributed by atoms with E-state index in [1.807, 2.05) is 7.05 Å². The largest absolute Gasteiger partial charge is 0.477 e. The highest BCUT2D eigenvalue weighted by Gasteiger charge is 2.26. The molecule has 0 spiro atoms. The van der Waals surface area contributed by atoms with E-state index in [1.54, 1.807) is 13.0 Å². The number of anilines is 1. The van der Waals surface area contributed by atoms with Gasteiger partial charge in [-0.15, -0.1) is 11.3 Å². The summed E-state index contributed by atoms with van der Waals surface area (Å²) < 4.78 is 0. The molecule has 2 N–H and O–H groups in total. The summed E-state index contributed by atoms with van der Waals surface area (Å²) in [6.45, 7) is 3.43. The van der Waals surface area contributed by atoms with Crippen LogP contribution in [0.3, 0.4) is 0 Å². The van der Waals surface area contributed by atoms with E-state index in [1.165, 1.54) is 0 Å². The summed E-state index contributed by atoms with van der Waals surface area (Å²) in [6, 6.07) is 1.71. The number of carbonyl (C=O) groups is 2. The Morgan fingerprint density at radius 1 is 1.56 bits per heavy atom. The lowest BCUT2D eigenvalue weighted by Crippen LogP contribution is -2.25. The maximum Gasteiger partial charge on any atom is 0.346 e. The van der Waals surface area contributed by atoms with E-state index in [4.69, 9.17) is 5.11 Å². The van der Waals surface area contributed by atoms with Crippen molar-refractivity contribution < 1.29 is 14.7 Å². The number of nitrogens with zero attached hydrogens (tertiary/aromatic N) is 1. The molecule has 1 fully saturated rings. The van der Waals surface area contributed by atoms with Crippen LogP contribution in [-0.4, -0.2) is 42.0 Å². The van der Waals surface area contributed by atoms with Crippen LogP contribution in [0.2, 0.25) is 0 Å². The molecule has 0 radical (unpaired) electrons. The normalized spacial score (nSPS) is 20.0. The van der Waals surface area contributed by atoms with Crippen LogP contribution in [0.15, 0.2) is 6.07 Å². The molecule has 0 saturated carbocycles. The zero-order valence-electron chi connectivity index (χ0n) is 10.4. The van der Waals surface area contributed by atoms with Crippen LogP contribution in [0.4, 0.5) is 5.00 Å². The number of aryl methyl sites for hydroxylation is 1. The molecule has 1 aromatic heterocycles. The third-order valence-electron chi connectivity index (χ3n) is 3.12. The summed E-state index contributed by atoms with van der Waals surface area (Å²) in [5, 5.41) is 12.4. The first-order valence-corrected chi connectivity index (χ1v) is 6.62. The topological polar surface area (TPSA) is 69.6 Å². The molecule has 0 bridgehead atoms. The molecule has 18 heavy (non-hydrogen) atoms. The Hall–Kier alpha value is -1.40. The third-order valence-corrected chi connectivity index (χ3v) is 4.26. The minimum Gasteiger partial charge on any atom is -0.477 e. The maximum atomic E-state index is 12.0. The van der Waals surface area contributed by atoms with Crippen molar-refractivity contribution in [3.05, 3.63) is 16.5 Å². The number of nitrogens with one attached hydrogen (secondary N) is 1. The molecular formula is C12H16N2O3S. The lowest BCUT2D eigenvalue weighted by atomic mass is 10.1. The van der Waals surface area contributed by atoms with Crippen molar-refractivity contribution in [3.8, 4) is 0 Å². The lowest BCUT2D eigenvalue weighted by Gasteiger charge is -2.09. The first-order valence-electron chi connectivity index (χ1n) is 5.80. The Labute approximate surface area is 109 Å². The van der Waals surface area contributed by atoms with Crippen LogP contribution in [0.1, 0.15) is 21.7 Å². The van der Waals surface area contributed by atoms with Gasteiger partial charge in [-0.05, 0) is 38.6 Å². The molecular weight excluding hydrogens is 252 g/mol. The molecule has 98 valence electrons. The first-order chi connectivity index (χ1) is 8.47. The van der Waals surface area contributed by atoms with Crippen molar-refractivity contribution in [2.75, 3.05) is 25.5 Å². The zero-order chi connectivity index (χ0) is 13.3. The molecule has 0 aliphatic carbocycles. The molecule has 1 aliphatic rings. The monoisotopic (exact) mass is 268 g/mol. The van der Waals surface area contributed by atoms with Gasteiger partial charge in [-0.2, -0.15) is 0 Å². The third kappa shape index (κ3) is 2.70. The Bertz CT molecular complexity index is 484. The van der Waals surface area contributed by atoms with Crippen molar-refractivity contribution in [2.45, 2.75) is 13.3 Å². The molecule has 1 saturated heterocycles. The number of thiophene rings is 1. The SMILES string of the molecule is Cc1cc(NC(=O)C2CCN(C)C2)sc1C(=O)O. The Balaban J connectivity index is 2.03. The number of aromatic carboxylic acids is 1. The minimum atomic E-state index is -0.946. The van der Waals surface area contributed by atoms with Crippen LogP contribution < -0.4 is 5.32 Å². The fourth-order valence-electron chi connectivity index (χ4n) is 2.13. The van der Waals surface area contributed by atoms with Crippen molar-refractivity contribution in [1.29, 1.82) is 0 Å². The molecule has 2 rings (SSSR count). The van der Waals surface area contributed by atoms with E-state index in [0.29, 0.717) is 10.6 Å². The molecule has 6 heteroatoms. The summed E-state index contributed by atoms with van der Waals surface area (Å²) in [4.78, 5) is 25.3. The van der Waals surface area contributed by atoms with E-state index in [2.05, 4.69) is 10.2 Å². The molecule has 1 aromatic rings. The van der Waals surface area contributed by atoms with Gasteiger partial charge in [0.25, 0.3) is 0 Å². The van der Waals surface area contributed by atoms with Gasteiger partial charge in [0.2, 0.25) is 5.91 Å². The van der Waals surface area contributed by atoms with Crippen LogP contribution >= 0.6 is 11.3 Å². The van der Waals surface area contributed by atoms with Gasteiger partial charge in [-0.25, -0.2) is 4.79 Å². The second kappa shape index (κ2) is 5.07. The predicted octanol–water partition coefficient (Wildman–Crippen LogP) is 1.64. The maximum absolute atomic E-state index is 12.0. The van der Waals surface area contributed by atoms with Gasteiger partial charge in [-0.3, -0.25) is 4.79 Å². The zero-order valence-corrected chi connectivity index (χ0v) is 11.2. The molecule has 5 nitrogen and oxygen atoms in total. The highest BCUT2D eigenvalue weighted by atomic mass is 32.1. The Kier molecular flexibility index (Phi) is 3.68. The number of likely N-dealkylation sites (tertiary alicyclic amines) is 1. The first kappa shape index (κ1) is 13.0. The molecule has 1 aliphatic heterocycles. The number of rotatable bonds is 3. The summed E-state index contributed by atoms with van der Waals surface area (Å²) in [5.74, 6) is -0.957. The van der Waals surface area contributed by atoms with E-state index in [9.17, 15) is 9.59 Å². The van der Waals surface area contributed by atoms with Gasteiger partial charge in [0, 0.05) is 6.54 Å². The second-order valence-corrected chi connectivity index (χ2v) is 5.72. The summed E-state index contributed by atoms with van der Waals surface area (Å²) in [6.07, 6.45) is 0.860. The molecule has 1 amide bonds. The highest BCUT2D eigenvalue weighted by Crippen LogP contribution is 2.27. The van der Waals surface area contributed by atoms with Crippen LogP contribution in [0.25, 0.3) is 0 Å². The van der Waals surface area contributed by atoms with Crippen molar-refractivity contribution in [2.24, 2.45) is 5.92 Å². The number of hydrogen-bond acceptors (Lipinski definition) is 4. The van der Waals surface area contributed by atoms with Crippen molar-refractivity contribution in [3.63, 3.8) is 0 Å². The van der Waals surface area contributed by atoms with Gasteiger partial charge < -0.3 is 15.3 Å². The summed E-state index contributed by atoms with van der Waals surface area (Å²) in [7, 11) is 1.99. The van der Waals surface area contributed by atoms with Crippen molar-refractivity contribution in [1.82, 2.24) is 4.90 Å². The number of carbonyl (C=O) groups excluding carboxylic acids is 1. The van der Waals surface area contributed by atoms with Crippen LogP contribution in [-0.2, 0) is 4.79 Å². The van der Waals surface area contributed by atoms with E-state index in [-0.39, 0.29) is 16.7 Å². The quantitative estimate of drug-likeness (QED) is 0.874. The fourth-order valence-corrected chi connectivity index (χ4v) is 3.04. The molecule has 1 atom stereocenters. The smallest absolute Gasteiger partial charge is 0.346 e. The van der Waals surface area contributed by atoms with E-state index < -0.39 is 5.97 Å². The number of carboxylic acid groups (broad SMARTS) is 1. The van der Waals surface area contributed by atoms with Gasteiger partial charge in [0.05, 0.1) is 10.9 Å².